The first kappa shape index (κ1) is 13.9. The summed E-state index contributed by atoms with van der Waals surface area (Å²) in [4.78, 5) is 0. The highest BCUT2D eigenvalue weighted by molar-refractivity contribution is 6.22. The van der Waals surface area contributed by atoms with E-state index < -0.39 is 0 Å². The zero-order valence-corrected chi connectivity index (χ0v) is 12.5. The third kappa shape index (κ3) is 2.56. The first-order chi connectivity index (χ1) is 9.66. The summed E-state index contributed by atoms with van der Waals surface area (Å²) in [6.07, 6.45) is 4.88. The molecule has 1 unspecified atom stereocenters. The van der Waals surface area contributed by atoms with Crippen LogP contribution in [0.4, 0.5) is 4.39 Å². The van der Waals surface area contributed by atoms with Crippen molar-refractivity contribution in [3.8, 4) is 0 Å². The minimum absolute atomic E-state index is 0.00648. The summed E-state index contributed by atoms with van der Waals surface area (Å²) in [5, 5.41) is 1.64. The zero-order chi connectivity index (χ0) is 14.1. The van der Waals surface area contributed by atoms with Gasteiger partial charge >= 0.3 is 0 Å². The Morgan fingerprint density at radius 1 is 1.00 bits per heavy atom. The standard InChI is InChI=1S/C18H20ClF/c1-12-6-8-13(9-7-12)18(19)16-10-11-17(20)15-5-3-2-4-14(15)16/h2-5,10-13,18H,6-9H2,1H3. The molecule has 0 radical (unpaired) electrons. The normalized spacial score (nSPS) is 24.8. The van der Waals surface area contributed by atoms with Crippen molar-refractivity contribution in [2.24, 2.45) is 11.8 Å². The predicted molar refractivity (Wildman–Crippen MR) is 83.6 cm³/mol. The molecule has 3 rings (SSSR count). The third-order valence-electron chi connectivity index (χ3n) is 4.68. The summed E-state index contributed by atoms with van der Waals surface area (Å²) in [6.45, 7) is 2.31. The Kier molecular flexibility index (Phi) is 3.98. The number of fused-ring (bicyclic) bond motifs is 1. The van der Waals surface area contributed by atoms with Crippen LogP contribution >= 0.6 is 11.6 Å². The van der Waals surface area contributed by atoms with Crippen molar-refractivity contribution in [3.63, 3.8) is 0 Å². The van der Waals surface area contributed by atoms with E-state index in [9.17, 15) is 4.39 Å². The fraction of sp³-hybridized carbons (Fsp3) is 0.444. The molecule has 0 bridgehead atoms. The molecule has 0 heterocycles. The highest BCUT2D eigenvalue weighted by atomic mass is 35.5. The SMILES string of the molecule is CC1CCC(C(Cl)c2ccc(F)c3ccccc23)CC1. The van der Waals surface area contributed by atoms with Crippen LogP contribution in [0.1, 0.15) is 43.5 Å². The fourth-order valence-electron chi connectivity index (χ4n) is 3.36. The molecule has 0 saturated heterocycles. The molecule has 1 saturated carbocycles. The van der Waals surface area contributed by atoms with Crippen molar-refractivity contribution >= 4 is 22.4 Å². The molecule has 1 fully saturated rings. The average molecular weight is 291 g/mol. The van der Waals surface area contributed by atoms with Gasteiger partial charge in [0.1, 0.15) is 5.82 Å². The van der Waals surface area contributed by atoms with Crippen molar-refractivity contribution in [2.45, 2.75) is 38.0 Å². The van der Waals surface area contributed by atoms with Gasteiger partial charge in [0.15, 0.2) is 0 Å². The van der Waals surface area contributed by atoms with Crippen LogP contribution < -0.4 is 0 Å². The molecule has 2 aromatic carbocycles. The summed E-state index contributed by atoms with van der Waals surface area (Å²) < 4.78 is 13.9. The summed E-state index contributed by atoms with van der Waals surface area (Å²) >= 11 is 6.74. The first-order valence-corrected chi connectivity index (χ1v) is 7.91. The van der Waals surface area contributed by atoms with E-state index in [-0.39, 0.29) is 11.2 Å². The second kappa shape index (κ2) is 5.73. The van der Waals surface area contributed by atoms with Crippen LogP contribution in [-0.4, -0.2) is 0 Å². The van der Waals surface area contributed by atoms with E-state index in [1.54, 1.807) is 6.07 Å². The molecule has 2 aromatic rings. The van der Waals surface area contributed by atoms with E-state index in [1.807, 2.05) is 30.3 Å². The number of hydrogen-bond acceptors (Lipinski definition) is 0. The lowest BCUT2D eigenvalue weighted by molar-refractivity contribution is 0.284. The average Bonchev–Trinajstić information content (AvgIpc) is 2.48. The second-order valence-electron chi connectivity index (χ2n) is 6.10. The lowest BCUT2D eigenvalue weighted by atomic mass is 9.79. The van der Waals surface area contributed by atoms with Crippen LogP contribution in [0.15, 0.2) is 36.4 Å². The molecule has 1 aliphatic rings. The van der Waals surface area contributed by atoms with E-state index in [0.29, 0.717) is 11.3 Å². The summed E-state index contributed by atoms with van der Waals surface area (Å²) in [5.41, 5.74) is 1.09. The van der Waals surface area contributed by atoms with Gasteiger partial charge in [0, 0.05) is 5.39 Å². The van der Waals surface area contributed by atoms with Crippen LogP contribution in [0.25, 0.3) is 10.8 Å². The van der Waals surface area contributed by atoms with Crippen LogP contribution in [0, 0.1) is 17.7 Å². The van der Waals surface area contributed by atoms with Gasteiger partial charge in [-0.05, 0) is 41.7 Å². The van der Waals surface area contributed by atoms with E-state index >= 15 is 0 Å². The largest absolute Gasteiger partial charge is 0.206 e. The highest BCUT2D eigenvalue weighted by Gasteiger charge is 2.27. The molecule has 0 spiro atoms. The molecular weight excluding hydrogens is 271 g/mol. The molecule has 0 aliphatic heterocycles. The van der Waals surface area contributed by atoms with Crippen LogP contribution in [0.2, 0.25) is 0 Å². The highest BCUT2D eigenvalue weighted by Crippen LogP contribution is 2.42. The molecule has 0 N–H and O–H groups in total. The Morgan fingerprint density at radius 2 is 1.65 bits per heavy atom. The van der Waals surface area contributed by atoms with Gasteiger partial charge in [-0.25, -0.2) is 4.39 Å². The number of halogens is 2. The van der Waals surface area contributed by atoms with E-state index in [4.69, 9.17) is 11.6 Å². The number of alkyl halides is 1. The van der Waals surface area contributed by atoms with Crippen molar-refractivity contribution in [1.29, 1.82) is 0 Å². The maximum atomic E-state index is 13.9. The number of benzene rings is 2. The topological polar surface area (TPSA) is 0 Å². The van der Waals surface area contributed by atoms with E-state index in [2.05, 4.69) is 6.92 Å². The Balaban J connectivity index is 1.95. The Bertz CT molecular complexity index is 599. The quantitative estimate of drug-likeness (QED) is 0.588. The van der Waals surface area contributed by atoms with Gasteiger partial charge in [0.2, 0.25) is 0 Å². The summed E-state index contributed by atoms with van der Waals surface area (Å²) in [7, 11) is 0. The molecule has 0 nitrogen and oxygen atoms in total. The van der Waals surface area contributed by atoms with E-state index in [1.165, 1.54) is 25.7 Å². The minimum Gasteiger partial charge on any atom is -0.206 e. The van der Waals surface area contributed by atoms with Gasteiger partial charge < -0.3 is 0 Å². The van der Waals surface area contributed by atoms with Crippen LogP contribution in [0.5, 0.6) is 0 Å². The van der Waals surface area contributed by atoms with Gasteiger partial charge in [-0.1, -0.05) is 50.1 Å². The van der Waals surface area contributed by atoms with Crippen molar-refractivity contribution < 1.29 is 4.39 Å². The lowest BCUT2D eigenvalue weighted by Crippen LogP contribution is -2.16. The molecule has 20 heavy (non-hydrogen) atoms. The van der Waals surface area contributed by atoms with Crippen molar-refractivity contribution in [1.82, 2.24) is 0 Å². The number of hydrogen-bond donors (Lipinski definition) is 0. The maximum absolute atomic E-state index is 13.9. The van der Waals surface area contributed by atoms with Crippen molar-refractivity contribution in [2.75, 3.05) is 0 Å². The van der Waals surface area contributed by atoms with Gasteiger partial charge in [0.05, 0.1) is 5.38 Å². The first-order valence-electron chi connectivity index (χ1n) is 7.48. The van der Waals surface area contributed by atoms with Crippen LogP contribution in [-0.2, 0) is 0 Å². The molecule has 0 amide bonds. The van der Waals surface area contributed by atoms with Gasteiger partial charge in [-0.2, -0.15) is 0 Å². The molecule has 106 valence electrons. The second-order valence-corrected chi connectivity index (χ2v) is 6.57. The Labute approximate surface area is 124 Å². The summed E-state index contributed by atoms with van der Waals surface area (Å²) in [6, 6.07) is 11.1. The van der Waals surface area contributed by atoms with Gasteiger partial charge in [-0.15, -0.1) is 11.6 Å². The zero-order valence-electron chi connectivity index (χ0n) is 11.8. The molecule has 0 aromatic heterocycles. The monoisotopic (exact) mass is 290 g/mol. The predicted octanol–water partition coefficient (Wildman–Crippen LogP) is 6.09. The third-order valence-corrected chi connectivity index (χ3v) is 5.27. The lowest BCUT2D eigenvalue weighted by Gasteiger charge is -2.30. The van der Waals surface area contributed by atoms with Crippen LogP contribution in [0.3, 0.4) is 0 Å². The molecule has 2 heteroatoms. The van der Waals surface area contributed by atoms with Gasteiger partial charge in [0.25, 0.3) is 0 Å². The minimum atomic E-state index is -0.162. The van der Waals surface area contributed by atoms with Gasteiger partial charge in [-0.3, -0.25) is 0 Å². The smallest absolute Gasteiger partial charge is 0.131 e. The molecule has 1 atom stereocenters. The summed E-state index contributed by atoms with van der Waals surface area (Å²) in [5.74, 6) is 1.17. The van der Waals surface area contributed by atoms with E-state index in [0.717, 1.165) is 16.9 Å². The molecule has 1 aliphatic carbocycles. The molecular formula is C18H20ClF. The number of rotatable bonds is 2. The Morgan fingerprint density at radius 3 is 2.35 bits per heavy atom. The maximum Gasteiger partial charge on any atom is 0.131 e. The Hall–Kier alpha value is -1.08. The fourth-order valence-corrected chi connectivity index (χ4v) is 3.80. The van der Waals surface area contributed by atoms with Crippen molar-refractivity contribution in [3.05, 3.63) is 47.8 Å².